The van der Waals surface area contributed by atoms with Gasteiger partial charge in [0.05, 0.1) is 5.69 Å². The lowest BCUT2D eigenvalue weighted by molar-refractivity contribution is 0.590. The number of aromatic nitrogens is 3. The number of hydrogen-bond donors (Lipinski definition) is 2. The lowest BCUT2D eigenvalue weighted by Crippen LogP contribution is -2.10. The topological polar surface area (TPSA) is 62.7 Å². The number of fused-ring (bicyclic) bond motifs is 1. The van der Waals surface area contributed by atoms with Crippen LogP contribution in [0.2, 0.25) is 0 Å². The Morgan fingerprint density at radius 1 is 0.828 bits per heavy atom. The molecule has 0 saturated carbocycles. The molecule has 2 N–H and O–H groups in total. The van der Waals surface area contributed by atoms with Gasteiger partial charge in [-0.25, -0.2) is 15.0 Å². The van der Waals surface area contributed by atoms with Crippen LogP contribution in [0.1, 0.15) is 26.3 Å². The fourth-order valence-electron chi connectivity index (χ4n) is 3.32. The van der Waals surface area contributed by atoms with E-state index >= 15 is 0 Å². The van der Waals surface area contributed by atoms with Crippen molar-refractivity contribution >= 4 is 28.2 Å². The van der Waals surface area contributed by atoms with E-state index in [2.05, 4.69) is 77.8 Å². The Balaban J connectivity index is 1.73. The van der Waals surface area contributed by atoms with Gasteiger partial charge >= 0.3 is 0 Å². The van der Waals surface area contributed by atoms with Crippen molar-refractivity contribution in [3.05, 3.63) is 72.6 Å². The van der Waals surface area contributed by atoms with Crippen LogP contribution in [0.5, 0.6) is 0 Å². The van der Waals surface area contributed by atoms with Crippen LogP contribution < -0.4 is 10.6 Å². The Kier molecular flexibility index (Phi) is 4.89. The quantitative estimate of drug-likeness (QED) is 0.468. The van der Waals surface area contributed by atoms with E-state index in [1.165, 1.54) is 5.56 Å². The smallest absolute Gasteiger partial charge is 0.222 e. The number of pyridine rings is 1. The second-order valence-corrected chi connectivity index (χ2v) is 8.03. The highest BCUT2D eigenvalue weighted by atomic mass is 15.1. The van der Waals surface area contributed by atoms with Crippen molar-refractivity contribution in [3.63, 3.8) is 0 Å². The summed E-state index contributed by atoms with van der Waals surface area (Å²) in [5.74, 6) is 1.42. The molecule has 0 spiro atoms. The molecule has 4 aromatic rings. The molecule has 2 aromatic heterocycles. The van der Waals surface area contributed by atoms with Crippen LogP contribution >= 0.6 is 0 Å². The lowest BCUT2D eigenvalue weighted by atomic mass is 9.87. The standard InChI is InChI=1S/C24H25N5/c1-24(2,3)16-9-11-17(12-10-16)28-22-19-8-6-5-7-18(19)20(15-27-22)21-13-14-26-23(25-4)29-21/h5-15H,1-4H3,(H,27,28)(H,25,26,29). The van der Waals surface area contributed by atoms with Crippen LogP contribution in [0.3, 0.4) is 0 Å². The Labute approximate surface area is 171 Å². The van der Waals surface area contributed by atoms with Crippen molar-refractivity contribution in [2.75, 3.05) is 17.7 Å². The van der Waals surface area contributed by atoms with Crippen LogP contribution in [0.15, 0.2) is 67.0 Å². The van der Waals surface area contributed by atoms with Crippen LogP contribution in [-0.2, 0) is 5.41 Å². The first kappa shape index (κ1) is 18.9. The molecule has 0 atom stereocenters. The zero-order valence-electron chi connectivity index (χ0n) is 17.2. The van der Waals surface area contributed by atoms with E-state index < -0.39 is 0 Å². The predicted octanol–water partition coefficient (Wildman–Crippen LogP) is 5.77. The molecule has 29 heavy (non-hydrogen) atoms. The third-order valence-corrected chi connectivity index (χ3v) is 4.96. The Morgan fingerprint density at radius 2 is 1.55 bits per heavy atom. The van der Waals surface area contributed by atoms with Crippen molar-refractivity contribution in [1.29, 1.82) is 0 Å². The van der Waals surface area contributed by atoms with E-state index in [1.54, 1.807) is 6.20 Å². The van der Waals surface area contributed by atoms with Gasteiger partial charge in [0, 0.05) is 36.1 Å². The summed E-state index contributed by atoms with van der Waals surface area (Å²) >= 11 is 0. The number of nitrogens with zero attached hydrogens (tertiary/aromatic N) is 3. The molecule has 0 aliphatic heterocycles. The van der Waals surface area contributed by atoms with Crippen molar-refractivity contribution in [3.8, 4) is 11.3 Å². The molecule has 0 aliphatic rings. The van der Waals surface area contributed by atoms with Gasteiger partial charge in [0.25, 0.3) is 0 Å². The highest BCUT2D eigenvalue weighted by Gasteiger charge is 2.14. The summed E-state index contributed by atoms with van der Waals surface area (Å²) in [6.45, 7) is 6.65. The first-order valence-electron chi connectivity index (χ1n) is 9.72. The summed E-state index contributed by atoms with van der Waals surface area (Å²) in [6.07, 6.45) is 3.63. The molecule has 0 amide bonds. The Morgan fingerprint density at radius 3 is 2.24 bits per heavy atom. The van der Waals surface area contributed by atoms with Crippen molar-refractivity contribution in [2.24, 2.45) is 0 Å². The minimum atomic E-state index is 0.134. The van der Waals surface area contributed by atoms with Crippen molar-refractivity contribution in [1.82, 2.24) is 15.0 Å². The molecular formula is C24H25N5. The zero-order valence-corrected chi connectivity index (χ0v) is 17.2. The zero-order chi connectivity index (χ0) is 20.4. The summed E-state index contributed by atoms with van der Waals surface area (Å²) in [5.41, 5.74) is 4.28. The number of rotatable bonds is 4. The van der Waals surface area contributed by atoms with Gasteiger partial charge < -0.3 is 10.6 Å². The molecular weight excluding hydrogens is 358 g/mol. The summed E-state index contributed by atoms with van der Waals surface area (Å²) in [6, 6.07) is 18.7. The number of nitrogens with one attached hydrogen (secondary N) is 2. The number of hydrogen-bond acceptors (Lipinski definition) is 5. The summed E-state index contributed by atoms with van der Waals surface area (Å²) in [4.78, 5) is 13.5. The van der Waals surface area contributed by atoms with Crippen LogP contribution in [0.25, 0.3) is 22.0 Å². The molecule has 0 bridgehead atoms. The first-order valence-corrected chi connectivity index (χ1v) is 9.72. The van der Waals surface area contributed by atoms with Gasteiger partial charge in [0.1, 0.15) is 5.82 Å². The normalized spacial score (nSPS) is 11.4. The molecule has 5 nitrogen and oxygen atoms in total. The number of anilines is 3. The van der Waals surface area contributed by atoms with Gasteiger partial charge in [-0.3, -0.25) is 0 Å². The SMILES string of the molecule is CNc1nccc(-c2cnc(Nc3ccc(C(C)(C)C)cc3)c3ccccc23)n1. The first-order chi connectivity index (χ1) is 14.0. The largest absolute Gasteiger partial charge is 0.357 e. The monoisotopic (exact) mass is 383 g/mol. The predicted molar refractivity (Wildman–Crippen MR) is 121 cm³/mol. The molecule has 0 aliphatic carbocycles. The van der Waals surface area contributed by atoms with Gasteiger partial charge in [-0.1, -0.05) is 57.2 Å². The minimum absolute atomic E-state index is 0.134. The molecule has 146 valence electrons. The van der Waals surface area contributed by atoms with E-state index in [1.807, 2.05) is 31.4 Å². The maximum absolute atomic E-state index is 4.71. The van der Waals surface area contributed by atoms with Gasteiger partial charge in [0.2, 0.25) is 5.95 Å². The second kappa shape index (κ2) is 7.51. The van der Waals surface area contributed by atoms with Gasteiger partial charge in [0.15, 0.2) is 0 Å². The average molecular weight is 383 g/mol. The fourth-order valence-corrected chi connectivity index (χ4v) is 3.32. The molecule has 0 radical (unpaired) electrons. The third-order valence-electron chi connectivity index (χ3n) is 4.96. The molecule has 0 unspecified atom stereocenters. The van der Waals surface area contributed by atoms with Crippen molar-refractivity contribution in [2.45, 2.75) is 26.2 Å². The molecule has 2 heterocycles. The summed E-state index contributed by atoms with van der Waals surface area (Å²) < 4.78 is 0. The molecule has 2 aromatic carbocycles. The lowest BCUT2D eigenvalue weighted by Gasteiger charge is -2.19. The van der Waals surface area contributed by atoms with E-state index in [0.29, 0.717) is 5.95 Å². The highest BCUT2D eigenvalue weighted by molar-refractivity contribution is 6.01. The van der Waals surface area contributed by atoms with E-state index in [4.69, 9.17) is 4.98 Å². The maximum Gasteiger partial charge on any atom is 0.222 e. The van der Waals surface area contributed by atoms with Crippen LogP contribution in [0, 0.1) is 0 Å². The molecule has 0 fully saturated rings. The van der Waals surface area contributed by atoms with E-state index in [-0.39, 0.29) is 5.41 Å². The van der Waals surface area contributed by atoms with Crippen LogP contribution in [-0.4, -0.2) is 22.0 Å². The maximum atomic E-state index is 4.71. The average Bonchev–Trinajstić information content (AvgIpc) is 2.74. The van der Waals surface area contributed by atoms with E-state index in [9.17, 15) is 0 Å². The van der Waals surface area contributed by atoms with Gasteiger partial charge in [-0.15, -0.1) is 0 Å². The Bertz CT molecular complexity index is 1140. The minimum Gasteiger partial charge on any atom is -0.357 e. The summed E-state index contributed by atoms with van der Waals surface area (Å²) in [7, 11) is 1.81. The van der Waals surface area contributed by atoms with Crippen LogP contribution in [0.4, 0.5) is 17.5 Å². The fraction of sp³-hybridized carbons (Fsp3) is 0.208. The van der Waals surface area contributed by atoms with E-state index in [0.717, 1.165) is 33.5 Å². The van der Waals surface area contributed by atoms with Gasteiger partial charge in [-0.05, 0) is 34.6 Å². The highest BCUT2D eigenvalue weighted by Crippen LogP contribution is 2.32. The second-order valence-electron chi connectivity index (χ2n) is 8.03. The molecule has 4 rings (SSSR count). The number of benzene rings is 2. The van der Waals surface area contributed by atoms with Gasteiger partial charge in [-0.2, -0.15) is 0 Å². The molecule has 0 saturated heterocycles. The summed E-state index contributed by atoms with van der Waals surface area (Å²) in [5, 5.41) is 8.60. The Hall–Kier alpha value is -3.47. The molecule has 5 heteroatoms. The third kappa shape index (κ3) is 3.90. The van der Waals surface area contributed by atoms with Crippen molar-refractivity contribution < 1.29 is 0 Å².